The molecule has 1 saturated heterocycles. The van der Waals surface area contributed by atoms with Crippen molar-refractivity contribution in [1.82, 2.24) is 10.6 Å². The molecule has 2 rings (SSSR count). The number of methoxy groups -OCH3 is 1. The lowest BCUT2D eigenvalue weighted by Crippen LogP contribution is -2.57. The quantitative estimate of drug-likeness (QED) is 0.801. The van der Waals surface area contributed by atoms with Crippen LogP contribution >= 0.6 is 0 Å². The number of hydrogen-bond donors (Lipinski definition) is 2. The van der Waals surface area contributed by atoms with Gasteiger partial charge in [0.15, 0.2) is 0 Å². The van der Waals surface area contributed by atoms with Crippen LogP contribution in [0.1, 0.15) is 0 Å². The summed E-state index contributed by atoms with van der Waals surface area (Å²) in [5, 5.41) is 6.06. The van der Waals surface area contributed by atoms with Crippen molar-refractivity contribution in [2.24, 2.45) is 0 Å². The Morgan fingerprint density at radius 3 is 2.78 bits per heavy atom. The van der Waals surface area contributed by atoms with Gasteiger partial charge in [0.05, 0.1) is 19.7 Å². The van der Waals surface area contributed by atoms with Crippen LogP contribution in [0.4, 0.5) is 5.69 Å². The van der Waals surface area contributed by atoms with E-state index in [4.69, 9.17) is 4.74 Å². The maximum absolute atomic E-state index is 11.6. The topological polar surface area (TPSA) is 53.6 Å². The van der Waals surface area contributed by atoms with Crippen molar-refractivity contribution >= 4 is 11.6 Å². The maximum Gasteiger partial charge on any atom is 0.239 e. The molecule has 1 aromatic carbocycles. The summed E-state index contributed by atoms with van der Waals surface area (Å²) in [6.07, 6.45) is 0. The molecule has 1 unspecified atom stereocenters. The zero-order valence-electron chi connectivity index (χ0n) is 10.8. The normalized spacial score (nSPS) is 19.6. The van der Waals surface area contributed by atoms with Gasteiger partial charge in [-0.1, -0.05) is 0 Å². The minimum Gasteiger partial charge on any atom is -0.497 e. The molecule has 0 aromatic heterocycles. The lowest BCUT2D eigenvalue weighted by Gasteiger charge is -2.34. The first kappa shape index (κ1) is 12.7. The molecule has 5 heteroatoms. The third-order valence-corrected chi connectivity index (χ3v) is 3.03. The van der Waals surface area contributed by atoms with Crippen LogP contribution in [0.3, 0.4) is 0 Å². The molecular weight excluding hydrogens is 230 g/mol. The van der Waals surface area contributed by atoms with E-state index in [0.29, 0.717) is 6.54 Å². The van der Waals surface area contributed by atoms with E-state index in [-0.39, 0.29) is 11.9 Å². The molecule has 0 radical (unpaired) electrons. The second-order valence-corrected chi connectivity index (χ2v) is 4.40. The highest BCUT2D eigenvalue weighted by molar-refractivity contribution is 5.83. The van der Waals surface area contributed by atoms with Crippen molar-refractivity contribution < 1.29 is 9.53 Å². The second-order valence-electron chi connectivity index (χ2n) is 4.40. The minimum absolute atomic E-state index is 0.0670. The predicted octanol–water partition coefficient (Wildman–Crippen LogP) is 0.219. The Bertz CT molecular complexity index is 405. The average Bonchev–Trinajstić information content (AvgIpc) is 2.38. The largest absolute Gasteiger partial charge is 0.497 e. The van der Waals surface area contributed by atoms with Crippen molar-refractivity contribution in [3.63, 3.8) is 0 Å². The zero-order valence-corrected chi connectivity index (χ0v) is 10.8. The molecule has 1 fully saturated rings. The average molecular weight is 249 g/mol. The highest BCUT2D eigenvalue weighted by Crippen LogP contribution is 2.20. The minimum atomic E-state index is 0.0670. The zero-order chi connectivity index (χ0) is 13.0. The van der Waals surface area contributed by atoms with Crippen LogP contribution in [0.5, 0.6) is 5.75 Å². The van der Waals surface area contributed by atoms with Crippen LogP contribution in [0, 0.1) is 0 Å². The van der Waals surface area contributed by atoms with Crippen LogP contribution in [0.15, 0.2) is 24.3 Å². The van der Waals surface area contributed by atoms with Crippen molar-refractivity contribution in [3.05, 3.63) is 24.3 Å². The third-order valence-electron chi connectivity index (χ3n) is 3.03. The Balaban J connectivity index is 2.08. The first-order valence-electron chi connectivity index (χ1n) is 6.06. The van der Waals surface area contributed by atoms with Crippen LogP contribution in [-0.2, 0) is 4.79 Å². The van der Waals surface area contributed by atoms with Crippen molar-refractivity contribution in [2.75, 3.05) is 38.7 Å². The molecule has 0 saturated carbocycles. The number of nitrogens with zero attached hydrogens (tertiary/aromatic N) is 1. The van der Waals surface area contributed by atoms with Crippen LogP contribution in [-0.4, -0.2) is 45.7 Å². The molecule has 0 spiro atoms. The summed E-state index contributed by atoms with van der Waals surface area (Å²) in [6, 6.07) is 7.93. The van der Waals surface area contributed by atoms with E-state index < -0.39 is 0 Å². The van der Waals surface area contributed by atoms with Gasteiger partial charge in [-0.2, -0.15) is 0 Å². The summed E-state index contributed by atoms with van der Waals surface area (Å²) in [6.45, 7) is 2.00. The molecule has 1 atom stereocenters. The van der Waals surface area contributed by atoms with Gasteiger partial charge in [-0.05, 0) is 31.3 Å². The van der Waals surface area contributed by atoms with Crippen LogP contribution < -0.4 is 20.3 Å². The van der Waals surface area contributed by atoms with Gasteiger partial charge in [0.1, 0.15) is 5.75 Å². The van der Waals surface area contributed by atoms with E-state index in [1.54, 1.807) is 7.11 Å². The summed E-state index contributed by atoms with van der Waals surface area (Å²) < 4.78 is 5.13. The number of ether oxygens (including phenoxy) is 1. The van der Waals surface area contributed by atoms with E-state index >= 15 is 0 Å². The molecular formula is C13H19N3O2. The lowest BCUT2D eigenvalue weighted by molar-refractivity contribution is -0.121. The molecule has 5 nitrogen and oxygen atoms in total. The molecule has 1 amide bonds. The number of amides is 1. The second kappa shape index (κ2) is 5.73. The Kier molecular flexibility index (Phi) is 4.04. The number of anilines is 1. The number of benzene rings is 1. The number of rotatable bonds is 4. The molecule has 1 heterocycles. The van der Waals surface area contributed by atoms with Crippen molar-refractivity contribution in [1.29, 1.82) is 0 Å². The molecule has 1 aromatic rings. The van der Waals surface area contributed by atoms with Gasteiger partial charge in [0, 0.05) is 18.8 Å². The summed E-state index contributed by atoms with van der Waals surface area (Å²) in [5.41, 5.74) is 1.05. The lowest BCUT2D eigenvalue weighted by atomic mass is 10.1. The van der Waals surface area contributed by atoms with Gasteiger partial charge >= 0.3 is 0 Å². The van der Waals surface area contributed by atoms with Gasteiger partial charge in [-0.3, -0.25) is 4.79 Å². The number of nitrogens with one attached hydrogen (secondary N) is 2. The van der Waals surface area contributed by atoms with E-state index in [2.05, 4.69) is 15.5 Å². The number of hydrogen-bond acceptors (Lipinski definition) is 4. The van der Waals surface area contributed by atoms with Crippen molar-refractivity contribution in [2.45, 2.75) is 6.04 Å². The Morgan fingerprint density at radius 1 is 1.44 bits per heavy atom. The summed E-state index contributed by atoms with van der Waals surface area (Å²) >= 11 is 0. The van der Waals surface area contributed by atoms with E-state index in [1.165, 1.54) is 0 Å². The fourth-order valence-corrected chi connectivity index (χ4v) is 2.17. The van der Waals surface area contributed by atoms with Gasteiger partial charge < -0.3 is 20.3 Å². The molecule has 0 bridgehead atoms. The highest BCUT2D eigenvalue weighted by atomic mass is 16.5. The molecule has 98 valence electrons. The molecule has 1 aliphatic rings. The Hall–Kier alpha value is -1.75. The first-order valence-corrected chi connectivity index (χ1v) is 6.06. The SMILES string of the molecule is CNCC1CN(c2ccc(OC)cc2)CC(=O)N1. The highest BCUT2D eigenvalue weighted by Gasteiger charge is 2.24. The van der Waals surface area contributed by atoms with Gasteiger partial charge in [-0.25, -0.2) is 0 Å². The van der Waals surface area contributed by atoms with Crippen LogP contribution in [0.2, 0.25) is 0 Å². The van der Waals surface area contributed by atoms with Crippen molar-refractivity contribution in [3.8, 4) is 5.75 Å². The van der Waals surface area contributed by atoms with Gasteiger partial charge in [0.25, 0.3) is 0 Å². The van der Waals surface area contributed by atoms with E-state index in [1.807, 2.05) is 31.3 Å². The Morgan fingerprint density at radius 2 is 2.17 bits per heavy atom. The first-order chi connectivity index (χ1) is 8.72. The van der Waals surface area contributed by atoms with E-state index in [0.717, 1.165) is 24.5 Å². The van der Waals surface area contributed by atoms with Crippen LogP contribution in [0.25, 0.3) is 0 Å². The summed E-state index contributed by atoms with van der Waals surface area (Å²) in [5.74, 6) is 0.893. The maximum atomic E-state index is 11.6. The summed E-state index contributed by atoms with van der Waals surface area (Å²) in [4.78, 5) is 13.7. The standard InChI is InChI=1S/C13H19N3O2/c1-14-7-10-8-16(9-13(17)15-10)11-3-5-12(18-2)6-4-11/h3-6,10,14H,7-9H2,1-2H3,(H,15,17). The fourth-order valence-electron chi connectivity index (χ4n) is 2.17. The smallest absolute Gasteiger partial charge is 0.239 e. The molecule has 1 aliphatic heterocycles. The molecule has 18 heavy (non-hydrogen) atoms. The van der Waals surface area contributed by atoms with Gasteiger partial charge in [-0.15, -0.1) is 0 Å². The fraction of sp³-hybridized carbons (Fsp3) is 0.462. The summed E-state index contributed by atoms with van der Waals surface area (Å²) in [7, 11) is 3.53. The molecule has 0 aliphatic carbocycles. The van der Waals surface area contributed by atoms with E-state index in [9.17, 15) is 4.79 Å². The third kappa shape index (κ3) is 2.92. The molecule has 2 N–H and O–H groups in total. The monoisotopic (exact) mass is 249 g/mol. The predicted molar refractivity (Wildman–Crippen MR) is 71.1 cm³/mol. The number of carbonyl (C=O) groups is 1. The number of piperazine rings is 1. The number of carbonyl (C=O) groups excluding carboxylic acids is 1. The Labute approximate surface area is 107 Å². The number of likely N-dealkylation sites (N-methyl/N-ethyl adjacent to an activating group) is 1. The van der Waals surface area contributed by atoms with Gasteiger partial charge in [0.2, 0.25) is 5.91 Å².